The second-order valence-corrected chi connectivity index (χ2v) is 4.58. The summed E-state index contributed by atoms with van der Waals surface area (Å²) in [5.74, 6) is 0.437. The first-order valence-electron chi connectivity index (χ1n) is 6.27. The number of aromatic amines is 1. The molecule has 5 nitrogen and oxygen atoms in total. The maximum atomic E-state index is 5.97. The van der Waals surface area contributed by atoms with Gasteiger partial charge in [0.25, 0.3) is 0 Å². The Morgan fingerprint density at radius 3 is 2.75 bits per heavy atom. The number of fused-ring (bicyclic) bond motifs is 2. The molecule has 4 rings (SSSR count). The Hall–Kier alpha value is -2.95. The number of nitrogens with two attached hydrogens (primary N) is 1. The molecule has 5 heteroatoms. The Bertz CT molecular complexity index is 921. The molecule has 0 bridgehead atoms. The van der Waals surface area contributed by atoms with Crippen molar-refractivity contribution >= 4 is 27.6 Å². The molecule has 0 radical (unpaired) electrons. The van der Waals surface area contributed by atoms with Gasteiger partial charge in [-0.3, -0.25) is 5.10 Å². The van der Waals surface area contributed by atoms with Gasteiger partial charge in [-0.25, -0.2) is 9.97 Å². The van der Waals surface area contributed by atoms with Crippen LogP contribution in [-0.4, -0.2) is 20.2 Å². The quantitative estimate of drug-likeness (QED) is 0.552. The van der Waals surface area contributed by atoms with Gasteiger partial charge in [-0.2, -0.15) is 5.10 Å². The van der Waals surface area contributed by atoms with Crippen molar-refractivity contribution in [3.63, 3.8) is 0 Å². The van der Waals surface area contributed by atoms with E-state index in [1.807, 2.05) is 24.3 Å². The lowest BCUT2D eigenvalue weighted by molar-refractivity contribution is 1.09. The average Bonchev–Trinajstić information content (AvgIpc) is 2.92. The number of H-pyrrole nitrogens is 1. The number of aromatic nitrogens is 4. The summed E-state index contributed by atoms with van der Waals surface area (Å²) < 4.78 is 0. The molecule has 0 aliphatic rings. The summed E-state index contributed by atoms with van der Waals surface area (Å²) in [6, 6.07) is 14.3. The maximum absolute atomic E-state index is 5.97. The Balaban J connectivity index is 2.12. The summed E-state index contributed by atoms with van der Waals surface area (Å²) in [7, 11) is 0. The summed E-state index contributed by atoms with van der Waals surface area (Å²) in [5.41, 5.74) is 8.46. The molecule has 0 aliphatic carbocycles. The van der Waals surface area contributed by atoms with Crippen LogP contribution >= 0.6 is 0 Å². The smallest absolute Gasteiger partial charge is 0.186 e. The molecular weight excluding hydrogens is 250 g/mol. The SMILES string of the molecule is Nc1ncnc2n[nH]c(-c3cccc4ccccc34)c12. The van der Waals surface area contributed by atoms with Crippen LogP contribution in [0.15, 0.2) is 48.8 Å². The molecule has 2 heterocycles. The van der Waals surface area contributed by atoms with E-state index < -0.39 is 0 Å². The van der Waals surface area contributed by atoms with Crippen LogP contribution in [0.5, 0.6) is 0 Å². The molecule has 0 fully saturated rings. The van der Waals surface area contributed by atoms with Crippen molar-refractivity contribution in [2.24, 2.45) is 0 Å². The fraction of sp³-hybridized carbons (Fsp3) is 0. The van der Waals surface area contributed by atoms with E-state index >= 15 is 0 Å². The molecule has 96 valence electrons. The van der Waals surface area contributed by atoms with Gasteiger partial charge in [0.2, 0.25) is 0 Å². The highest BCUT2D eigenvalue weighted by molar-refractivity contribution is 6.05. The molecule has 20 heavy (non-hydrogen) atoms. The van der Waals surface area contributed by atoms with Gasteiger partial charge in [-0.05, 0) is 10.8 Å². The normalized spacial score (nSPS) is 11.2. The van der Waals surface area contributed by atoms with Crippen LogP contribution in [0, 0.1) is 0 Å². The summed E-state index contributed by atoms with van der Waals surface area (Å²) >= 11 is 0. The van der Waals surface area contributed by atoms with Crippen LogP contribution in [0.25, 0.3) is 33.1 Å². The molecule has 0 unspecified atom stereocenters. The molecule has 0 aliphatic heterocycles. The minimum atomic E-state index is 0.437. The monoisotopic (exact) mass is 261 g/mol. The molecule has 0 saturated heterocycles. The number of rotatable bonds is 1. The highest BCUT2D eigenvalue weighted by Crippen LogP contribution is 2.33. The van der Waals surface area contributed by atoms with E-state index in [1.54, 1.807) is 0 Å². The van der Waals surface area contributed by atoms with Crippen molar-refractivity contribution in [3.8, 4) is 11.3 Å². The van der Waals surface area contributed by atoms with Crippen LogP contribution in [0.4, 0.5) is 5.82 Å². The standard InChI is InChI=1S/C15H11N5/c16-14-12-13(19-20-15(12)18-8-17-14)11-7-3-5-9-4-1-2-6-10(9)11/h1-8H,(H3,16,17,18,19,20). The lowest BCUT2D eigenvalue weighted by Gasteiger charge is -2.05. The lowest BCUT2D eigenvalue weighted by Crippen LogP contribution is -1.92. The van der Waals surface area contributed by atoms with Crippen molar-refractivity contribution in [1.29, 1.82) is 0 Å². The van der Waals surface area contributed by atoms with Crippen molar-refractivity contribution < 1.29 is 0 Å². The third kappa shape index (κ3) is 1.46. The number of hydrogen-bond donors (Lipinski definition) is 2. The van der Waals surface area contributed by atoms with Gasteiger partial charge in [0.1, 0.15) is 12.1 Å². The molecule has 0 spiro atoms. The first-order valence-corrected chi connectivity index (χ1v) is 6.27. The summed E-state index contributed by atoms with van der Waals surface area (Å²) in [6.45, 7) is 0. The van der Waals surface area contributed by atoms with Gasteiger partial charge in [0, 0.05) is 5.56 Å². The number of nitrogens with zero attached hydrogens (tertiary/aromatic N) is 3. The van der Waals surface area contributed by atoms with Crippen molar-refractivity contribution in [1.82, 2.24) is 20.2 Å². The van der Waals surface area contributed by atoms with Crippen molar-refractivity contribution in [2.45, 2.75) is 0 Å². The lowest BCUT2D eigenvalue weighted by atomic mass is 10.0. The zero-order valence-corrected chi connectivity index (χ0v) is 10.5. The highest BCUT2D eigenvalue weighted by Gasteiger charge is 2.14. The van der Waals surface area contributed by atoms with Gasteiger partial charge in [-0.1, -0.05) is 42.5 Å². The van der Waals surface area contributed by atoms with E-state index in [2.05, 4.69) is 38.4 Å². The number of hydrogen-bond acceptors (Lipinski definition) is 4. The Labute approximate surface area is 114 Å². The fourth-order valence-electron chi connectivity index (χ4n) is 2.52. The maximum Gasteiger partial charge on any atom is 0.186 e. The summed E-state index contributed by atoms with van der Waals surface area (Å²) in [4.78, 5) is 8.19. The second-order valence-electron chi connectivity index (χ2n) is 4.58. The average molecular weight is 261 g/mol. The summed E-state index contributed by atoms with van der Waals surface area (Å²) in [6.07, 6.45) is 1.42. The van der Waals surface area contributed by atoms with Gasteiger partial charge in [-0.15, -0.1) is 0 Å². The first kappa shape index (κ1) is 10.9. The molecule has 0 atom stereocenters. The van der Waals surface area contributed by atoms with Gasteiger partial charge in [0.15, 0.2) is 5.65 Å². The van der Waals surface area contributed by atoms with E-state index in [4.69, 9.17) is 5.73 Å². The van der Waals surface area contributed by atoms with E-state index in [9.17, 15) is 0 Å². The van der Waals surface area contributed by atoms with Gasteiger partial charge >= 0.3 is 0 Å². The van der Waals surface area contributed by atoms with Crippen LogP contribution < -0.4 is 5.73 Å². The zero-order valence-electron chi connectivity index (χ0n) is 10.5. The van der Waals surface area contributed by atoms with E-state index in [0.29, 0.717) is 11.5 Å². The van der Waals surface area contributed by atoms with E-state index in [0.717, 1.165) is 22.0 Å². The van der Waals surface area contributed by atoms with Gasteiger partial charge in [0.05, 0.1) is 11.1 Å². The number of nitrogens with one attached hydrogen (secondary N) is 1. The minimum Gasteiger partial charge on any atom is -0.383 e. The molecule has 2 aromatic heterocycles. The number of nitrogen functional groups attached to an aromatic ring is 1. The van der Waals surface area contributed by atoms with E-state index in [-0.39, 0.29) is 0 Å². The third-order valence-electron chi connectivity index (χ3n) is 3.44. The predicted molar refractivity (Wildman–Crippen MR) is 79.0 cm³/mol. The van der Waals surface area contributed by atoms with Crippen LogP contribution in [0.1, 0.15) is 0 Å². The predicted octanol–water partition coefficient (Wildman–Crippen LogP) is 2.76. The third-order valence-corrected chi connectivity index (χ3v) is 3.44. The molecule has 0 amide bonds. The van der Waals surface area contributed by atoms with Crippen LogP contribution in [-0.2, 0) is 0 Å². The minimum absolute atomic E-state index is 0.437. The first-order chi connectivity index (χ1) is 9.84. The molecule has 2 aromatic carbocycles. The van der Waals surface area contributed by atoms with E-state index in [1.165, 1.54) is 11.7 Å². The number of anilines is 1. The highest BCUT2D eigenvalue weighted by atomic mass is 15.2. The Kier molecular flexibility index (Phi) is 2.20. The molecule has 4 aromatic rings. The van der Waals surface area contributed by atoms with Crippen molar-refractivity contribution in [2.75, 3.05) is 5.73 Å². The van der Waals surface area contributed by atoms with Gasteiger partial charge < -0.3 is 5.73 Å². The molecule has 3 N–H and O–H groups in total. The molecule has 0 saturated carbocycles. The topological polar surface area (TPSA) is 80.5 Å². The largest absolute Gasteiger partial charge is 0.383 e. The second kappa shape index (κ2) is 4.03. The zero-order chi connectivity index (χ0) is 13.5. The van der Waals surface area contributed by atoms with Crippen LogP contribution in [0.2, 0.25) is 0 Å². The van der Waals surface area contributed by atoms with Crippen LogP contribution in [0.3, 0.4) is 0 Å². The fourth-order valence-corrected chi connectivity index (χ4v) is 2.52. The summed E-state index contributed by atoms with van der Waals surface area (Å²) in [5, 5.41) is 10.3. The molecular formula is C15H11N5. The number of benzene rings is 2. The Morgan fingerprint density at radius 1 is 0.950 bits per heavy atom. The van der Waals surface area contributed by atoms with Crippen molar-refractivity contribution in [3.05, 3.63) is 48.8 Å². The Morgan fingerprint density at radius 2 is 1.80 bits per heavy atom.